The molecule has 0 aliphatic heterocycles. The maximum Gasteiger partial charge on any atom is 0.306 e. The Morgan fingerprint density at radius 2 is 1.77 bits per heavy atom. The molecule has 1 aliphatic carbocycles. The Balaban J connectivity index is 2.73. The van der Waals surface area contributed by atoms with Crippen LogP contribution in [0.5, 0.6) is 0 Å². The summed E-state index contributed by atoms with van der Waals surface area (Å²) in [5, 5.41) is 9.07. The Kier molecular flexibility index (Phi) is 2.99. The third-order valence-electron chi connectivity index (χ3n) is 3.20. The van der Waals surface area contributed by atoms with Gasteiger partial charge in [-0.1, -0.05) is 33.6 Å². The minimum absolute atomic E-state index is 0.103. The molecule has 2 heteroatoms. The van der Waals surface area contributed by atoms with Crippen LogP contribution in [0.1, 0.15) is 46.5 Å². The molecule has 0 unspecified atom stereocenters. The normalized spacial score (nSPS) is 30.1. The van der Waals surface area contributed by atoms with Crippen LogP contribution in [0.25, 0.3) is 0 Å². The standard InChI is InChI=1S/C11H20O2/c1-11(2,3)9-7-5-4-6-8(9)10(12)13/h8-9H,4-7H2,1-3H3,(H,12,13)/t8-,9-/m0/s1. The summed E-state index contributed by atoms with van der Waals surface area (Å²) in [7, 11) is 0. The van der Waals surface area contributed by atoms with E-state index in [9.17, 15) is 4.79 Å². The molecule has 0 heterocycles. The van der Waals surface area contributed by atoms with Crippen molar-refractivity contribution in [1.82, 2.24) is 0 Å². The van der Waals surface area contributed by atoms with Gasteiger partial charge in [0.2, 0.25) is 0 Å². The first-order valence-electron chi connectivity index (χ1n) is 5.15. The smallest absolute Gasteiger partial charge is 0.306 e. The lowest BCUT2D eigenvalue weighted by molar-refractivity contribution is -0.147. The molecule has 1 fully saturated rings. The summed E-state index contributed by atoms with van der Waals surface area (Å²) in [5.74, 6) is -0.341. The number of rotatable bonds is 1. The Bertz CT molecular complexity index is 191. The van der Waals surface area contributed by atoms with Crippen LogP contribution in [0.15, 0.2) is 0 Å². The fourth-order valence-corrected chi connectivity index (χ4v) is 2.46. The zero-order valence-electron chi connectivity index (χ0n) is 8.84. The van der Waals surface area contributed by atoms with Gasteiger partial charge in [-0.2, -0.15) is 0 Å². The molecule has 0 aromatic carbocycles. The van der Waals surface area contributed by atoms with Crippen molar-refractivity contribution in [3.63, 3.8) is 0 Å². The highest BCUT2D eigenvalue weighted by molar-refractivity contribution is 5.70. The molecule has 0 saturated heterocycles. The first kappa shape index (κ1) is 10.6. The molecule has 0 bridgehead atoms. The molecule has 0 amide bonds. The third kappa shape index (κ3) is 2.45. The topological polar surface area (TPSA) is 37.3 Å². The fourth-order valence-electron chi connectivity index (χ4n) is 2.46. The monoisotopic (exact) mass is 184 g/mol. The highest BCUT2D eigenvalue weighted by atomic mass is 16.4. The maximum atomic E-state index is 11.0. The van der Waals surface area contributed by atoms with Crippen molar-refractivity contribution < 1.29 is 9.90 Å². The number of aliphatic carboxylic acids is 1. The molecule has 2 atom stereocenters. The quantitative estimate of drug-likeness (QED) is 0.680. The van der Waals surface area contributed by atoms with Gasteiger partial charge >= 0.3 is 5.97 Å². The summed E-state index contributed by atoms with van der Waals surface area (Å²) in [6.45, 7) is 6.46. The van der Waals surface area contributed by atoms with Crippen LogP contribution in [0.3, 0.4) is 0 Å². The largest absolute Gasteiger partial charge is 0.481 e. The van der Waals surface area contributed by atoms with Gasteiger partial charge in [-0.05, 0) is 24.2 Å². The van der Waals surface area contributed by atoms with Crippen LogP contribution in [-0.2, 0) is 4.79 Å². The molecule has 13 heavy (non-hydrogen) atoms. The second-order valence-electron chi connectivity index (χ2n) is 5.20. The van der Waals surface area contributed by atoms with E-state index in [0.29, 0.717) is 5.92 Å². The summed E-state index contributed by atoms with van der Waals surface area (Å²) < 4.78 is 0. The Morgan fingerprint density at radius 1 is 1.23 bits per heavy atom. The van der Waals surface area contributed by atoms with Gasteiger partial charge in [-0.3, -0.25) is 4.79 Å². The summed E-state index contributed by atoms with van der Waals surface area (Å²) in [4.78, 5) is 11.0. The van der Waals surface area contributed by atoms with E-state index >= 15 is 0 Å². The van der Waals surface area contributed by atoms with Crippen LogP contribution in [0, 0.1) is 17.3 Å². The zero-order valence-corrected chi connectivity index (χ0v) is 8.84. The van der Waals surface area contributed by atoms with Crippen molar-refractivity contribution in [2.75, 3.05) is 0 Å². The van der Waals surface area contributed by atoms with Crippen molar-refractivity contribution in [2.45, 2.75) is 46.5 Å². The van der Waals surface area contributed by atoms with E-state index in [1.165, 1.54) is 6.42 Å². The Labute approximate surface area is 80.3 Å². The highest BCUT2D eigenvalue weighted by Crippen LogP contribution is 2.41. The molecular formula is C11H20O2. The summed E-state index contributed by atoms with van der Waals surface area (Å²) in [6, 6.07) is 0. The summed E-state index contributed by atoms with van der Waals surface area (Å²) in [5.41, 5.74) is 0.142. The van der Waals surface area contributed by atoms with Gasteiger partial charge in [0.1, 0.15) is 0 Å². The SMILES string of the molecule is CC(C)(C)[C@H]1CCCC[C@@H]1C(=O)O. The first-order chi connectivity index (χ1) is 5.93. The molecule has 2 nitrogen and oxygen atoms in total. The molecule has 0 aromatic heterocycles. The van der Waals surface area contributed by atoms with Gasteiger partial charge in [-0.15, -0.1) is 0 Å². The molecule has 1 aliphatic rings. The van der Waals surface area contributed by atoms with E-state index in [2.05, 4.69) is 20.8 Å². The van der Waals surface area contributed by atoms with Crippen LogP contribution in [-0.4, -0.2) is 11.1 Å². The van der Waals surface area contributed by atoms with Crippen molar-refractivity contribution in [3.05, 3.63) is 0 Å². The van der Waals surface area contributed by atoms with Gasteiger partial charge in [0, 0.05) is 0 Å². The average molecular weight is 184 g/mol. The number of carboxylic acids is 1. The Morgan fingerprint density at radius 3 is 2.15 bits per heavy atom. The van der Waals surface area contributed by atoms with Gasteiger partial charge in [0.25, 0.3) is 0 Å². The average Bonchev–Trinajstić information content (AvgIpc) is 2.03. The lowest BCUT2D eigenvalue weighted by Gasteiger charge is -2.38. The van der Waals surface area contributed by atoms with Crippen LogP contribution >= 0.6 is 0 Å². The lowest BCUT2D eigenvalue weighted by Crippen LogP contribution is -2.35. The second kappa shape index (κ2) is 3.69. The molecular weight excluding hydrogens is 164 g/mol. The van der Waals surface area contributed by atoms with Gasteiger partial charge in [-0.25, -0.2) is 0 Å². The summed E-state index contributed by atoms with van der Waals surface area (Å²) >= 11 is 0. The molecule has 76 valence electrons. The molecule has 0 aromatic rings. The molecule has 0 radical (unpaired) electrons. The van der Waals surface area contributed by atoms with Crippen molar-refractivity contribution >= 4 is 5.97 Å². The fraction of sp³-hybridized carbons (Fsp3) is 0.909. The zero-order chi connectivity index (χ0) is 10.1. The minimum Gasteiger partial charge on any atom is -0.481 e. The predicted molar refractivity (Wildman–Crippen MR) is 52.5 cm³/mol. The van der Waals surface area contributed by atoms with E-state index in [-0.39, 0.29) is 11.3 Å². The third-order valence-corrected chi connectivity index (χ3v) is 3.20. The highest BCUT2D eigenvalue weighted by Gasteiger charge is 2.37. The predicted octanol–water partition coefficient (Wildman–Crippen LogP) is 2.92. The van der Waals surface area contributed by atoms with E-state index in [1.54, 1.807) is 0 Å². The maximum absolute atomic E-state index is 11.0. The van der Waals surface area contributed by atoms with E-state index in [0.717, 1.165) is 19.3 Å². The van der Waals surface area contributed by atoms with Gasteiger partial charge < -0.3 is 5.11 Å². The second-order valence-corrected chi connectivity index (χ2v) is 5.20. The number of carbonyl (C=O) groups is 1. The van der Waals surface area contributed by atoms with Gasteiger partial charge in [0.05, 0.1) is 5.92 Å². The molecule has 0 spiro atoms. The van der Waals surface area contributed by atoms with Gasteiger partial charge in [0.15, 0.2) is 0 Å². The Hall–Kier alpha value is -0.530. The van der Waals surface area contributed by atoms with Crippen molar-refractivity contribution in [3.8, 4) is 0 Å². The first-order valence-corrected chi connectivity index (χ1v) is 5.15. The summed E-state index contributed by atoms with van der Waals surface area (Å²) in [6.07, 6.45) is 4.24. The number of carboxylic acid groups (broad SMARTS) is 1. The van der Waals surface area contributed by atoms with Crippen LogP contribution in [0.2, 0.25) is 0 Å². The molecule has 1 saturated carbocycles. The van der Waals surface area contributed by atoms with Crippen LogP contribution < -0.4 is 0 Å². The van der Waals surface area contributed by atoms with E-state index in [4.69, 9.17) is 5.11 Å². The number of hydrogen-bond donors (Lipinski definition) is 1. The van der Waals surface area contributed by atoms with E-state index < -0.39 is 5.97 Å². The minimum atomic E-state index is -0.598. The van der Waals surface area contributed by atoms with E-state index in [1.807, 2.05) is 0 Å². The van der Waals surface area contributed by atoms with Crippen molar-refractivity contribution in [2.24, 2.45) is 17.3 Å². The molecule has 1 rings (SSSR count). The van der Waals surface area contributed by atoms with Crippen LogP contribution in [0.4, 0.5) is 0 Å². The lowest BCUT2D eigenvalue weighted by atomic mass is 9.66. The number of hydrogen-bond acceptors (Lipinski definition) is 1. The van der Waals surface area contributed by atoms with Crippen molar-refractivity contribution in [1.29, 1.82) is 0 Å². The molecule has 1 N–H and O–H groups in total.